The van der Waals surface area contributed by atoms with Gasteiger partial charge in [-0.2, -0.15) is 0 Å². The molecule has 0 bridgehead atoms. The SMILES string of the molecule is Fc1cccnc1OCC[C@@H]1CCOC2(C1)CN(Cc1ccncc1)C2. The number of aromatic nitrogens is 2. The van der Waals surface area contributed by atoms with E-state index in [1.165, 1.54) is 11.6 Å². The first-order valence-corrected chi connectivity index (χ1v) is 9.21. The minimum Gasteiger partial charge on any atom is -0.476 e. The van der Waals surface area contributed by atoms with Gasteiger partial charge in [0.25, 0.3) is 0 Å². The lowest BCUT2D eigenvalue weighted by atomic mass is 9.79. The molecular weight excluding hydrogens is 333 g/mol. The van der Waals surface area contributed by atoms with Crippen LogP contribution in [0.3, 0.4) is 0 Å². The molecule has 2 fully saturated rings. The Morgan fingerprint density at radius 1 is 1.23 bits per heavy atom. The monoisotopic (exact) mass is 357 g/mol. The lowest BCUT2D eigenvalue weighted by Crippen LogP contribution is -2.64. The van der Waals surface area contributed by atoms with Crippen molar-refractivity contribution in [2.75, 3.05) is 26.3 Å². The highest BCUT2D eigenvalue weighted by Gasteiger charge is 2.47. The summed E-state index contributed by atoms with van der Waals surface area (Å²) in [5.74, 6) is 0.252. The van der Waals surface area contributed by atoms with E-state index in [-0.39, 0.29) is 11.5 Å². The minimum atomic E-state index is -0.401. The van der Waals surface area contributed by atoms with Gasteiger partial charge in [-0.15, -0.1) is 0 Å². The summed E-state index contributed by atoms with van der Waals surface area (Å²) < 4.78 is 25.2. The molecule has 6 heteroatoms. The van der Waals surface area contributed by atoms with Gasteiger partial charge in [-0.1, -0.05) is 0 Å². The van der Waals surface area contributed by atoms with Crippen molar-refractivity contribution in [1.29, 1.82) is 0 Å². The number of hydrogen-bond donors (Lipinski definition) is 0. The lowest BCUT2D eigenvalue weighted by molar-refractivity contribution is -0.182. The molecule has 2 aromatic rings. The Balaban J connectivity index is 1.23. The van der Waals surface area contributed by atoms with Gasteiger partial charge >= 0.3 is 0 Å². The fourth-order valence-corrected chi connectivity index (χ4v) is 4.02. The van der Waals surface area contributed by atoms with Crippen LogP contribution in [0.4, 0.5) is 4.39 Å². The molecule has 4 rings (SSSR count). The van der Waals surface area contributed by atoms with Crippen LogP contribution in [0.25, 0.3) is 0 Å². The Morgan fingerprint density at radius 2 is 2.08 bits per heavy atom. The summed E-state index contributed by atoms with van der Waals surface area (Å²) in [6, 6.07) is 7.06. The first-order chi connectivity index (χ1) is 12.7. The van der Waals surface area contributed by atoms with Crippen LogP contribution in [0.15, 0.2) is 42.9 Å². The summed E-state index contributed by atoms with van der Waals surface area (Å²) in [5.41, 5.74) is 1.28. The highest BCUT2D eigenvalue weighted by molar-refractivity contribution is 5.13. The van der Waals surface area contributed by atoms with Gasteiger partial charge in [0.2, 0.25) is 5.88 Å². The van der Waals surface area contributed by atoms with Crippen molar-refractivity contribution in [3.8, 4) is 5.88 Å². The molecule has 26 heavy (non-hydrogen) atoms. The van der Waals surface area contributed by atoms with Gasteiger partial charge < -0.3 is 9.47 Å². The second-order valence-electron chi connectivity index (χ2n) is 7.32. The lowest BCUT2D eigenvalue weighted by Gasteiger charge is -2.53. The van der Waals surface area contributed by atoms with Crippen molar-refractivity contribution in [2.45, 2.75) is 31.4 Å². The molecule has 138 valence electrons. The number of hydrogen-bond acceptors (Lipinski definition) is 5. The summed E-state index contributed by atoms with van der Waals surface area (Å²) in [5, 5.41) is 0. The zero-order valence-corrected chi connectivity index (χ0v) is 14.8. The van der Waals surface area contributed by atoms with Crippen molar-refractivity contribution in [2.24, 2.45) is 5.92 Å². The standard InChI is InChI=1S/C20H24FN3O2/c21-18-2-1-7-23-19(18)25-10-5-16-6-11-26-20(12-16)14-24(15-20)13-17-3-8-22-9-4-17/h1-4,7-9,16H,5-6,10-15H2/t16-/m1/s1. The van der Waals surface area contributed by atoms with E-state index < -0.39 is 5.82 Å². The smallest absolute Gasteiger partial charge is 0.250 e. The van der Waals surface area contributed by atoms with Crippen molar-refractivity contribution >= 4 is 0 Å². The summed E-state index contributed by atoms with van der Waals surface area (Å²) in [6.07, 6.45) is 8.22. The fourth-order valence-electron chi connectivity index (χ4n) is 4.02. The normalized spacial score (nSPS) is 22.1. The molecule has 0 aromatic carbocycles. The van der Waals surface area contributed by atoms with Crippen LogP contribution >= 0.6 is 0 Å². The molecule has 1 spiro atoms. The number of rotatable bonds is 6. The van der Waals surface area contributed by atoms with Gasteiger partial charge in [0.15, 0.2) is 5.82 Å². The predicted octanol–water partition coefficient (Wildman–Crippen LogP) is 3.07. The van der Waals surface area contributed by atoms with Crippen molar-refractivity contribution in [1.82, 2.24) is 14.9 Å². The molecule has 0 radical (unpaired) electrons. The van der Waals surface area contributed by atoms with E-state index in [0.29, 0.717) is 12.5 Å². The molecule has 1 atom stereocenters. The van der Waals surface area contributed by atoms with Crippen LogP contribution in [0.5, 0.6) is 5.88 Å². The summed E-state index contributed by atoms with van der Waals surface area (Å²) in [7, 11) is 0. The van der Waals surface area contributed by atoms with Gasteiger partial charge in [0.1, 0.15) is 0 Å². The van der Waals surface area contributed by atoms with Gasteiger partial charge in [0.05, 0.1) is 12.2 Å². The summed E-state index contributed by atoms with van der Waals surface area (Å²) in [4.78, 5) is 10.4. The maximum absolute atomic E-state index is 13.5. The topological polar surface area (TPSA) is 47.5 Å². The van der Waals surface area contributed by atoms with Crippen LogP contribution < -0.4 is 4.74 Å². The molecule has 2 aromatic heterocycles. The first kappa shape index (κ1) is 17.4. The molecule has 2 aliphatic rings. The van der Waals surface area contributed by atoms with Gasteiger partial charge in [-0.3, -0.25) is 9.88 Å². The molecule has 2 saturated heterocycles. The Hall–Kier alpha value is -2.05. The Bertz CT molecular complexity index is 722. The number of pyridine rings is 2. The van der Waals surface area contributed by atoms with E-state index in [4.69, 9.17) is 9.47 Å². The van der Waals surface area contributed by atoms with E-state index in [9.17, 15) is 4.39 Å². The fraction of sp³-hybridized carbons (Fsp3) is 0.500. The number of ether oxygens (including phenoxy) is 2. The van der Waals surface area contributed by atoms with Crippen LogP contribution in [0, 0.1) is 11.7 Å². The van der Waals surface area contributed by atoms with Crippen molar-refractivity contribution in [3.63, 3.8) is 0 Å². The van der Waals surface area contributed by atoms with Gasteiger partial charge in [-0.25, -0.2) is 9.37 Å². The van der Waals surface area contributed by atoms with Crippen LogP contribution in [-0.4, -0.2) is 46.8 Å². The Morgan fingerprint density at radius 3 is 2.88 bits per heavy atom. The zero-order chi connectivity index (χ0) is 17.8. The molecule has 0 amide bonds. The van der Waals surface area contributed by atoms with Crippen molar-refractivity contribution < 1.29 is 13.9 Å². The van der Waals surface area contributed by atoms with E-state index in [1.54, 1.807) is 12.3 Å². The van der Waals surface area contributed by atoms with Gasteiger partial charge in [-0.05, 0) is 55.0 Å². The number of likely N-dealkylation sites (tertiary alicyclic amines) is 1. The molecule has 4 heterocycles. The molecular formula is C20H24FN3O2. The number of nitrogens with zero attached hydrogens (tertiary/aromatic N) is 3. The second kappa shape index (κ2) is 7.68. The molecule has 2 aliphatic heterocycles. The van der Waals surface area contributed by atoms with E-state index in [1.807, 2.05) is 12.4 Å². The van der Waals surface area contributed by atoms with E-state index in [2.05, 4.69) is 27.0 Å². The maximum Gasteiger partial charge on any atom is 0.250 e. The highest BCUT2D eigenvalue weighted by Crippen LogP contribution is 2.38. The molecule has 0 saturated carbocycles. The third-order valence-electron chi connectivity index (χ3n) is 5.26. The predicted molar refractivity (Wildman–Crippen MR) is 95.2 cm³/mol. The summed E-state index contributed by atoms with van der Waals surface area (Å²) >= 11 is 0. The Labute approximate surface area is 153 Å². The average Bonchev–Trinajstić information content (AvgIpc) is 2.63. The molecule has 0 aliphatic carbocycles. The van der Waals surface area contributed by atoms with E-state index >= 15 is 0 Å². The largest absolute Gasteiger partial charge is 0.476 e. The third-order valence-corrected chi connectivity index (χ3v) is 5.26. The zero-order valence-electron chi connectivity index (χ0n) is 14.8. The minimum absolute atomic E-state index is 0.00774. The van der Waals surface area contributed by atoms with Crippen LogP contribution in [0.1, 0.15) is 24.8 Å². The molecule has 0 N–H and O–H groups in total. The Kier molecular flexibility index (Phi) is 5.13. The average molecular weight is 357 g/mol. The summed E-state index contributed by atoms with van der Waals surface area (Å²) in [6.45, 7) is 4.19. The van der Waals surface area contributed by atoms with E-state index in [0.717, 1.165) is 45.5 Å². The third kappa shape index (κ3) is 4.02. The first-order valence-electron chi connectivity index (χ1n) is 9.21. The second-order valence-corrected chi connectivity index (χ2v) is 7.32. The van der Waals surface area contributed by atoms with Gasteiger partial charge in [0, 0.05) is 44.8 Å². The van der Waals surface area contributed by atoms with Crippen LogP contribution in [0.2, 0.25) is 0 Å². The quantitative estimate of drug-likeness (QED) is 0.795. The molecule has 5 nitrogen and oxygen atoms in total. The maximum atomic E-state index is 13.5. The molecule has 0 unspecified atom stereocenters. The van der Waals surface area contributed by atoms with Crippen LogP contribution in [-0.2, 0) is 11.3 Å². The number of halogens is 1. The highest BCUT2D eigenvalue weighted by atomic mass is 19.1. The van der Waals surface area contributed by atoms with Crippen molar-refractivity contribution in [3.05, 3.63) is 54.2 Å².